The van der Waals surface area contributed by atoms with Gasteiger partial charge in [-0.25, -0.2) is 0 Å². The first kappa shape index (κ1) is 16.2. The molecule has 0 unspecified atom stereocenters. The number of carbonyl (C=O) groups excluding carboxylic acids is 1. The number of benzene rings is 3. The van der Waals surface area contributed by atoms with E-state index in [1.807, 2.05) is 60.7 Å². The van der Waals surface area contributed by atoms with Crippen molar-refractivity contribution in [3.8, 4) is 5.75 Å². The Hall–Kier alpha value is -2.65. The minimum absolute atomic E-state index is 0.0795. The molecule has 3 aromatic rings. The zero-order valence-corrected chi connectivity index (χ0v) is 14.4. The average molecular weight is 379 g/mol. The zero-order valence-electron chi connectivity index (χ0n) is 12.8. The van der Waals surface area contributed by atoms with E-state index in [4.69, 9.17) is 0 Å². The molecule has 0 heterocycles. The van der Waals surface area contributed by atoms with Crippen molar-refractivity contribution in [3.63, 3.8) is 0 Å². The lowest BCUT2D eigenvalue weighted by Crippen LogP contribution is -2.02. The van der Waals surface area contributed by atoms with Crippen LogP contribution in [0.3, 0.4) is 0 Å². The van der Waals surface area contributed by atoms with Crippen LogP contribution in [0.5, 0.6) is 5.75 Å². The number of Topliss-reactive ketones (excluding diaryl/α,β-unsaturated/α-hetero) is 1. The fourth-order valence-electron chi connectivity index (χ4n) is 2.39. The highest BCUT2D eigenvalue weighted by Crippen LogP contribution is 2.24. The summed E-state index contributed by atoms with van der Waals surface area (Å²) in [6.45, 7) is 0. The second-order valence-electron chi connectivity index (χ2n) is 5.35. The van der Waals surface area contributed by atoms with Gasteiger partial charge in [-0.3, -0.25) is 4.79 Å². The summed E-state index contributed by atoms with van der Waals surface area (Å²) in [7, 11) is 0. The van der Waals surface area contributed by atoms with Crippen molar-refractivity contribution in [3.05, 3.63) is 100 Å². The van der Waals surface area contributed by atoms with Crippen molar-refractivity contribution >= 4 is 33.4 Å². The number of phenols is 1. The molecule has 0 atom stereocenters. The van der Waals surface area contributed by atoms with Gasteiger partial charge in [-0.15, -0.1) is 0 Å². The molecular weight excluding hydrogens is 364 g/mol. The Morgan fingerprint density at radius 2 is 1.42 bits per heavy atom. The van der Waals surface area contributed by atoms with E-state index in [1.54, 1.807) is 12.1 Å². The van der Waals surface area contributed by atoms with Crippen LogP contribution in [0, 0.1) is 0 Å². The van der Waals surface area contributed by atoms with Crippen LogP contribution in [-0.2, 0) is 0 Å². The molecule has 0 amide bonds. The SMILES string of the molecule is O=C(/C(=C/c1ccc(Br)cc1)c1ccccc1)c1ccc(O)cc1. The van der Waals surface area contributed by atoms with Gasteiger partial charge in [-0.1, -0.05) is 58.4 Å². The topological polar surface area (TPSA) is 37.3 Å². The smallest absolute Gasteiger partial charge is 0.193 e. The standard InChI is InChI=1S/C21H15BrO2/c22-18-10-6-15(7-11-18)14-20(16-4-2-1-3-5-16)21(24)17-8-12-19(23)13-9-17/h1-14,23H/b20-14+. The molecule has 24 heavy (non-hydrogen) atoms. The normalized spacial score (nSPS) is 11.3. The van der Waals surface area contributed by atoms with Gasteiger partial charge in [0, 0.05) is 15.6 Å². The van der Waals surface area contributed by atoms with E-state index in [9.17, 15) is 9.90 Å². The van der Waals surface area contributed by atoms with Gasteiger partial charge in [-0.05, 0) is 53.6 Å². The van der Waals surface area contributed by atoms with Crippen LogP contribution < -0.4 is 0 Å². The third kappa shape index (κ3) is 3.81. The van der Waals surface area contributed by atoms with Gasteiger partial charge in [0.05, 0.1) is 0 Å². The number of phenolic OH excluding ortho intramolecular Hbond substituents is 1. The number of carbonyl (C=O) groups is 1. The summed E-state index contributed by atoms with van der Waals surface area (Å²) in [5.74, 6) is 0.0637. The Morgan fingerprint density at radius 1 is 0.792 bits per heavy atom. The lowest BCUT2D eigenvalue weighted by molar-refractivity contribution is 0.105. The van der Waals surface area contributed by atoms with E-state index >= 15 is 0 Å². The molecule has 0 aliphatic heterocycles. The molecule has 3 aromatic carbocycles. The molecule has 0 aliphatic rings. The monoisotopic (exact) mass is 378 g/mol. The molecule has 0 saturated carbocycles. The Labute approximate surface area is 149 Å². The summed E-state index contributed by atoms with van der Waals surface area (Å²) in [6, 6.07) is 23.7. The summed E-state index contributed by atoms with van der Waals surface area (Å²) < 4.78 is 0.991. The maximum Gasteiger partial charge on any atom is 0.193 e. The van der Waals surface area contributed by atoms with Crippen molar-refractivity contribution in [2.24, 2.45) is 0 Å². The molecular formula is C21H15BrO2. The Balaban J connectivity index is 2.06. The molecule has 0 bridgehead atoms. The quantitative estimate of drug-likeness (QED) is 0.365. The van der Waals surface area contributed by atoms with Crippen LogP contribution in [0.4, 0.5) is 0 Å². The number of rotatable bonds is 4. The highest BCUT2D eigenvalue weighted by Gasteiger charge is 2.14. The molecule has 0 fully saturated rings. The van der Waals surface area contributed by atoms with Crippen molar-refractivity contribution in [2.45, 2.75) is 0 Å². The van der Waals surface area contributed by atoms with Crippen molar-refractivity contribution in [1.29, 1.82) is 0 Å². The van der Waals surface area contributed by atoms with Crippen molar-refractivity contribution in [2.75, 3.05) is 0 Å². The van der Waals surface area contributed by atoms with Crippen LogP contribution in [0.25, 0.3) is 11.6 Å². The predicted molar refractivity (Wildman–Crippen MR) is 101 cm³/mol. The maximum absolute atomic E-state index is 13.0. The van der Waals surface area contributed by atoms with Gasteiger partial charge >= 0.3 is 0 Å². The fraction of sp³-hybridized carbons (Fsp3) is 0. The van der Waals surface area contributed by atoms with Gasteiger partial charge in [-0.2, -0.15) is 0 Å². The zero-order chi connectivity index (χ0) is 16.9. The first-order valence-corrected chi connectivity index (χ1v) is 8.29. The lowest BCUT2D eigenvalue weighted by Gasteiger charge is -2.08. The molecule has 3 heteroatoms. The molecule has 2 nitrogen and oxygen atoms in total. The third-order valence-electron chi connectivity index (χ3n) is 3.64. The summed E-state index contributed by atoms with van der Waals surface area (Å²) in [5.41, 5.74) is 2.96. The van der Waals surface area contributed by atoms with Crippen molar-refractivity contribution < 1.29 is 9.90 Å². The second kappa shape index (κ2) is 7.28. The number of hydrogen-bond acceptors (Lipinski definition) is 2. The summed E-state index contributed by atoms with van der Waals surface area (Å²) in [5, 5.41) is 9.42. The van der Waals surface area contributed by atoms with E-state index in [0.29, 0.717) is 11.1 Å². The highest BCUT2D eigenvalue weighted by atomic mass is 79.9. The van der Waals surface area contributed by atoms with Gasteiger partial charge in [0.15, 0.2) is 5.78 Å². The van der Waals surface area contributed by atoms with Crippen LogP contribution in [0.1, 0.15) is 21.5 Å². The van der Waals surface area contributed by atoms with E-state index in [0.717, 1.165) is 15.6 Å². The van der Waals surface area contributed by atoms with Crippen LogP contribution in [-0.4, -0.2) is 10.9 Å². The number of halogens is 1. The summed E-state index contributed by atoms with van der Waals surface area (Å²) in [4.78, 5) is 13.0. The Bertz CT molecular complexity index is 864. The summed E-state index contributed by atoms with van der Waals surface area (Å²) >= 11 is 3.42. The molecule has 118 valence electrons. The number of allylic oxidation sites excluding steroid dienone is 1. The molecule has 0 aliphatic carbocycles. The number of ketones is 1. The first-order chi connectivity index (χ1) is 11.6. The maximum atomic E-state index is 13.0. The summed E-state index contributed by atoms with van der Waals surface area (Å²) in [6.07, 6.45) is 1.89. The van der Waals surface area contributed by atoms with E-state index in [-0.39, 0.29) is 11.5 Å². The van der Waals surface area contributed by atoms with Crippen LogP contribution in [0.2, 0.25) is 0 Å². The Morgan fingerprint density at radius 3 is 2.04 bits per heavy atom. The van der Waals surface area contributed by atoms with Gasteiger partial charge < -0.3 is 5.11 Å². The lowest BCUT2D eigenvalue weighted by atomic mass is 9.95. The molecule has 3 rings (SSSR count). The van der Waals surface area contributed by atoms with Crippen LogP contribution in [0.15, 0.2) is 83.3 Å². The van der Waals surface area contributed by atoms with Crippen molar-refractivity contribution in [1.82, 2.24) is 0 Å². The van der Waals surface area contributed by atoms with Gasteiger partial charge in [0.2, 0.25) is 0 Å². The molecule has 1 N–H and O–H groups in total. The number of aromatic hydroxyl groups is 1. The largest absolute Gasteiger partial charge is 0.508 e. The Kier molecular flexibility index (Phi) is 4.92. The number of hydrogen-bond donors (Lipinski definition) is 1. The minimum Gasteiger partial charge on any atom is -0.508 e. The van der Waals surface area contributed by atoms with Gasteiger partial charge in [0.25, 0.3) is 0 Å². The molecule has 0 radical (unpaired) electrons. The second-order valence-corrected chi connectivity index (χ2v) is 6.27. The highest BCUT2D eigenvalue weighted by molar-refractivity contribution is 9.10. The predicted octanol–water partition coefficient (Wildman–Crippen LogP) is 5.58. The average Bonchev–Trinajstić information content (AvgIpc) is 2.62. The molecule has 0 saturated heterocycles. The van der Waals surface area contributed by atoms with Gasteiger partial charge in [0.1, 0.15) is 5.75 Å². The molecule has 0 spiro atoms. The fourth-order valence-corrected chi connectivity index (χ4v) is 2.66. The third-order valence-corrected chi connectivity index (χ3v) is 4.17. The van der Waals surface area contributed by atoms with E-state index < -0.39 is 0 Å². The van der Waals surface area contributed by atoms with Crippen LogP contribution >= 0.6 is 15.9 Å². The van der Waals surface area contributed by atoms with E-state index in [1.165, 1.54) is 12.1 Å². The minimum atomic E-state index is -0.0795. The first-order valence-electron chi connectivity index (χ1n) is 7.50. The molecule has 0 aromatic heterocycles. The van der Waals surface area contributed by atoms with E-state index in [2.05, 4.69) is 15.9 Å².